The van der Waals surface area contributed by atoms with Crippen LogP contribution in [0.2, 0.25) is 0 Å². The van der Waals surface area contributed by atoms with Gasteiger partial charge in [0.25, 0.3) is 0 Å². The second kappa shape index (κ2) is 8.65. The Kier molecular flexibility index (Phi) is 6.26. The molecular formula is C21H30N4O2. The average Bonchev–Trinajstić information content (AvgIpc) is 3.15. The summed E-state index contributed by atoms with van der Waals surface area (Å²) in [7, 11) is 0. The molecule has 1 fully saturated rings. The van der Waals surface area contributed by atoms with Gasteiger partial charge in [-0.1, -0.05) is 43.3 Å². The van der Waals surface area contributed by atoms with E-state index in [9.17, 15) is 4.79 Å². The van der Waals surface area contributed by atoms with Crippen LogP contribution in [0.3, 0.4) is 0 Å². The van der Waals surface area contributed by atoms with E-state index >= 15 is 0 Å². The zero-order chi connectivity index (χ0) is 19.4. The summed E-state index contributed by atoms with van der Waals surface area (Å²) in [6.07, 6.45) is 2.98. The second-order valence-corrected chi connectivity index (χ2v) is 7.89. The van der Waals surface area contributed by atoms with E-state index < -0.39 is 0 Å². The molecule has 0 bridgehead atoms. The molecule has 2 N–H and O–H groups in total. The molecule has 2 unspecified atom stereocenters. The first-order chi connectivity index (χ1) is 12.9. The van der Waals surface area contributed by atoms with Gasteiger partial charge >= 0.3 is 0 Å². The molecule has 1 aliphatic rings. The van der Waals surface area contributed by atoms with E-state index in [1.807, 2.05) is 24.0 Å². The minimum atomic E-state index is 0.126. The van der Waals surface area contributed by atoms with Crippen LogP contribution >= 0.6 is 0 Å². The molecule has 0 saturated carbocycles. The fraction of sp³-hybridized carbons (Fsp3) is 0.571. The predicted molar refractivity (Wildman–Crippen MR) is 105 cm³/mol. The maximum atomic E-state index is 12.5. The van der Waals surface area contributed by atoms with Crippen LogP contribution in [-0.4, -0.2) is 40.1 Å². The van der Waals surface area contributed by atoms with Gasteiger partial charge in [0, 0.05) is 37.5 Å². The summed E-state index contributed by atoms with van der Waals surface area (Å²) >= 11 is 0. The largest absolute Gasteiger partial charge is 0.342 e. The minimum absolute atomic E-state index is 0.126. The monoisotopic (exact) mass is 370 g/mol. The van der Waals surface area contributed by atoms with Crippen molar-refractivity contribution in [2.75, 3.05) is 13.1 Å². The number of rotatable bonds is 6. The highest BCUT2D eigenvalue weighted by molar-refractivity contribution is 5.76. The molecule has 1 aromatic carbocycles. The number of amides is 1. The van der Waals surface area contributed by atoms with Gasteiger partial charge in [0.1, 0.15) is 0 Å². The molecule has 1 saturated heterocycles. The molecule has 0 aliphatic carbocycles. The van der Waals surface area contributed by atoms with Crippen LogP contribution in [0.1, 0.15) is 57.4 Å². The summed E-state index contributed by atoms with van der Waals surface area (Å²) in [5, 5.41) is 4.06. The number of likely N-dealkylation sites (tertiary alicyclic amines) is 1. The van der Waals surface area contributed by atoms with Crippen molar-refractivity contribution in [3.63, 3.8) is 0 Å². The topological polar surface area (TPSA) is 85.2 Å². The lowest BCUT2D eigenvalue weighted by Gasteiger charge is -2.34. The quantitative estimate of drug-likeness (QED) is 0.842. The van der Waals surface area contributed by atoms with Gasteiger partial charge in [-0.3, -0.25) is 4.79 Å². The van der Waals surface area contributed by atoms with Crippen molar-refractivity contribution in [1.82, 2.24) is 15.0 Å². The number of benzene rings is 1. The van der Waals surface area contributed by atoms with Crippen LogP contribution in [0.25, 0.3) is 11.4 Å². The zero-order valence-electron chi connectivity index (χ0n) is 16.5. The highest BCUT2D eigenvalue weighted by atomic mass is 16.5. The van der Waals surface area contributed by atoms with Crippen LogP contribution < -0.4 is 5.73 Å². The summed E-state index contributed by atoms with van der Waals surface area (Å²) in [5.74, 6) is 2.10. The van der Waals surface area contributed by atoms with Crippen LogP contribution in [-0.2, 0) is 11.2 Å². The average molecular weight is 370 g/mol. The molecule has 1 aromatic heterocycles. The Hall–Kier alpha value is -2.21. The van der Waals surface area contributed by atoms with Crippen molar-refractivity contribution < 1.29 is 9.32 Å². The van der Waals surface area contributed by atoms with E-state index in [2.05, 4.69) is 36.1 Å². The molecule has 1 amide bonds. The molecule has 6 nitrogen and oxygen atoms in total. The number of aryl methyl sites for hydroxylation is 1. The third kappa shape index (κ3) is 4.95. The van der Waals surface area contributed by atoms with Crippen LogP contribution in [0.4, 0.5) is 0 Å². The lowest BCUT2D eigenvalue weighted by Crippen LogP contribution is -2.45. The molecule has 1 aliphatic heterocycles. The Morgan fingerprint density at radius 3 is 2.70 bits per heavy atom. The van der Waals surface area contributed by atoms with Crippen molar-refractivity contribution >= 4 is 5.91 Å². The third-order valence-electron chi connectivity index (χ3n) is 5.41. The Balaban J connectivity index is 1.55. The van der Waals surface area contributed by atoms with Crippen molar-refractivity contribution in [2.24, 2.45) is 11.7 Å². The number of nitrogens with two attached hydrogens (primary N) is 1. The summed E-state index contributed by atoms with van der Waals surface area (Å²) in [5.41, 5.74) is 8.21. The van der Waals surface area contributed by atoms with Gasteiger partial charge < -0.3 is 15.2 Å². The molecule has 0 spiro atoms. The minimum Gasteiger partial charge on any atom is -0.342 e. The Morgan fingerprint density at radius 2 is 2.04 bits per heavy atom. The van der Waals surface area contributed by atoms with Gasteiger partial charge in [-0.15, -0.1) is 0 Å². The Bertz CT molecular complexity index is 752. The molecule has 0 radical (unpaired) electrons. The van der Waals surface area contributed by atoms with Gasteiger partial charge in [0.05, 0.1) is 0 Å². The van der Waals surface area contributed by atoms with Gasteiger partial charge in [-0.2, -0.15) is 4.98 Å². The summed E-state index contributed by atoms with van der Waals surface area (Å²) < 4.78 is 5.34. The summed E-state index contributed by atoms with van der Waals surface area (Å²) in [6.45, 7) is 7.92. The fourth-order valence-electron chi connectivity index (χ4n) is 3.53. The standard InChI is InChI=1S/C21H30N4O2/c1-14(2)16-6-8-17(9-7-16)21-23-19(27-24-21)10-11-20(26)25-12-4-5-18(13-25)15(3)22/h6-9,14-15,18H,4-5,10-13,22H2,1-3H3. The van der Waals surface area contributed by atoms with E-state index in [4.69, 9.17) is 10.3 Å². The SMILES string of the molecule is CC(C)c1ccc(-c2noc(CCC(=O)N3CCCC(C(C)N)C3)n2)cc1. The number of nitrogens with zero attached hydrogens (tertiary/aromatic N) is 3. The van der Waals surface area contributed by atoms with Crippen LogP contribution in [0, 0.1) is 5.92 Å². The summed E-state index contributed by atoms with van der Waals surface area (Å²) in [4.78, 5) is 18.9. The molecule has 2 atom stereocenters. The maximum Gasteiger partial charge on any atom is 0.227 e. The molecule has 2 heterocycles. The number of piperidine rings is 1. The molecular weight excluding hydrogens is 340 g/mol. The highest BCUT2D eigenvalue weighted by Crippen LogP contribution is 2.22. The van der Waals surface area contributed by atoms with Crippen molar-refractivity contribution in [2.45, 2.75) is 58.4 Å². The lowest BCUT2D eigenvalue weighted by molar-refractivity contribution is -0.133. The van der Waals surface area contributed by atoms with Gasteiger partial charge in [-0.25, -0.2) is 0 Å². The molecule has 146 valence electrons. The number of carbonyl (C=O) groups is 1. The number of hydrogen-bond donors (Lipinski definition) is 1. The highest BCUT2D eigenvalue weighted by Gasteiger charge is 2.25. The Labute approximate surface area is 161 Å². The van der Waals surface area contributed by atoms with E-state index in [0.717, 1.165) is 31.5 Å². The second-order valence-electron chi connectivity index (χ2n) is 7.89. The van der Waals surface area contributed by atoms with Crippen LogP contribution in [0.15, 0.2) is 28.8 Å². The van der Waals surface area contributed by atoms with Gasteiger partial charge in [-0.05, 0) is 37.2 Å². The third-order valence-corrected chi connectivity index (χ3v) is 5.41. The first kappa shape index (κ1) is 19.5. The smallest absolute Gasteiger partial charge is 0.227 e. The number of hydrogen-bond acceptors (Lipinski definition) is 5. The molecule has 3 rings (SSSR count). The van der Waals surface area contributed by atoms with E-state index in [1.165, 1.54) is 5.56 Å². The summed E-state index contributed by atoms with van der Waals surface area (Å²) in [6, 6.07) is 8.32. The predicted octanol–water partition coefficient (Wildman–Crippen LogP) is 3.38. The van der Waals surface area contributed by atoms with E-state index in [0.29, 0.717) is 36.4 Å². The van der Waals surface area contributed by atoms with Gasteiger partial charge in [0.15, 0.2) is 0 Å². The van der Waals surface area contributed by atoms with Crippen molar-refractivity contribution in [3.05, 3.63) is 35.7 Å². The van der Waals surface area contributed by atoms with Gasteiger partial charge in [0.2, 0.25) is 17.6 Å². The normalized spacial score (nSPS) is 18.7. The first-order valence-corrected chi connectivity index (χ1v) is 9.90. The van der Waals surface area contributed by atoms with E-state index in [1.54, 1.807) is 0 Å². The van der Waals surface area contributed by atoms with E-state index in [-0.39, 0.29) is 11.9 Å². The number of carbonyl (C=O) groups excluding carboxylic acids is 1. The Morgan fingerprint density at radius 1 is 1.30 bits per heavy atom. The fourth-order valence-corrected chi connectivity index (χ4v) is 3.53. The maximum absolute atomic E-state index is 12.5. The molecule has 27 heavy (non-hydrogen) atoms. The molecule has 2 aromatic rings. The van der Waals surface area contributed by atoms with Crippen LogP contribution in [0.5, 0.6) is 0 Å². The molecule has 6 heteroatoms. The van der Waals surface area contributed by atoms with Crippen molar-refractivity contribution in [1.29, 1.82) is 0 Å². The number of aromatic nitrogens is 2. The van der Waals surface area contributed by atoms with Crippen molar-refractivity contribution in [3.8, 4) is 11.4 Å². The first-order valence-electron chi connectivity index (χ1n) is 9.90. The zero-order valence-corrected chi connectivity index (χ0v) is 16.5. The lowest BCUT2D eigenvalue weighted by atomic mass is 9.92.